The van der Waals surface area contributed by atoms with Crippen LogP contribution in [0.3, 0.4) is 0 Å². The van der Waals surface area contributed by atoms with E-state index < -0.39 is 0 Å². The van der Waals surface area contributed by atoms with Gasteiger partial charge in [-0.25, -0.2) is 0 Å². The predicted molar refractivity (Wildman–Crippen MR) is 119 cm³/mol. The third kappa shape index (κ3) is 3.94. The summed E-state index contributed by atoms with van der Waals surface area (Å²) in [6, 6.07) is 10.3. The molecule has 2 bridgehead atoms. The number of halogens is 1. The topological polar surface area (TPSA) is 73.8 Å². The van der Waals surface area contributed by atoms with Crippen LogP contribution in [0, 0.1) is 23.7 Å². The number of hydrogen-bond donors (Lipinski definition) is 2. The minimum Gasteiger partial charge on any atom is -0.356 e. The lowest BCUT2D eigenvalue weighted by Crippen LogP contribution is -2.44. The van der Waals surface area contributed by atoms with E-state index in [1.807, 2.05) is 18.2 Å². The molecule has 2 N–H and O–H groups in total. The number of imide groups is 1. The number of carbonyl (C=O) groups is 2. The van der Waals surface area contributed by atoms with E-state index in [4.69, 9.17) is 0 Å². The summed E-state index contributed by atoms with van der Waals surface area (Å²) in [6.07, 6.45) is 6.12. The first-order valence-electron chi connectivity index (χ1n) is 9.71. The average Bonchev–Trinajstić information content (AvgIpc) is 3.37. The molecular formula is C21H27IN4O2. The predicted octanol–water partition coefficient (Wildman–Crippen LogP) is 1.82. The van der Waals surface area contributed by atoms with Crippen LogP contribution in [0.15, 0.2) is 47.5 Å². The van der Waals surface area contributed by atoms with Gasteiger partial charge in [0.15, 0.2) is 5.96 Å². The molecule has 0 radical (unpaired) electrons. The number of aliphatic imine (C=N–C) groups is 1. The van der Waals surface area contributed by atoms with Crippen LogP contribution >= 0.6 is 24.0 Å². The zero-order chi connectivity index (χ0) is 18.8. The van der Waals surface area contributed by atoms with Crippen molar-refractivity contribution >= 4 is 41.8 Å². The highest BCUT2D eigenvalue weighted by Crippen LogP contribution is 2.52. The van der Waals surface area contributed by atoms with Gasteiger partial charge in [-0.15, -0.1) is 24.0 Å². The van der Waals surface area contributed by atoms with Crippen molar-refractivity contribution in [2.24, 2.45) is 28.7 Å². The Bertz CT molecular complexity index is 750. The molecule has 1 saturated heterocycles. The van der Waals surface area contributed by atoms with Crippen molar-refractivity contribution in [1.29, 1.82) is 0 Å². The fourth-order valence-corrected chi connectivity index (χ4v) is 4.66. The van der Waals surface area contributed by atoms with Gasteiger partial charge in [-0.1, -0.05) is 42.5 Å². The number of nitrogens with one attached hydrogen (secondary N) is 2. The van der Waals surface area contributed by atoms with Crippen molar-refractivity contribution < 1.29 is 9.59 Å². The van der Waals surface area contributed by atoms with Crippen molar-refractivity contribution in [3.8, 4) is 0 Å². The Morgan fingerprint density at radius 1 is 1.04 bits per heavy atom. The molecule has 6 nitrogen and oxygen atoms in total. The van der Waals surface area contributed by atoms with E-state index in [1.54, 1.807) is 7.05 Å². The third-order valence-electron chi connectivity index (χ3n) is 5.96. The van der Waals surface area contributed by atoms with Crippen LogP contribution in [0.2, 0.25) is 0 Å². The van der Waals surface area contributed by atoms with Gasteiger partial charge in [0.2, 0.25) is 11.8 Å². The molecule has 4 unspecified atom stereocenters. The lowest BCUT2D eigenvalue weighted by atomic mass is 9.85. The quantitative estimate of drug-likeness (QED) is 0.208. The van der Waals surface area contributed by atoms with Crippen molar-refractivity contribution in [3.05, 3.63) is 48.0 Å². The number of rotatable bonds is 6. The average molecular weight is 494 g/mol. The lowest BCUT2D eigenvalue weighted by molar-refractivity contribution is -0.140. The first-order chi connectivity index (χ1) is 13.2. The number of likely N-dealkylation sites (tertiary alicyclic amines) is 1. The Kier molecular flexibility index (Phi) is 6.74. The fourth-order valence-electron chi connectivity index (χ4n) is 4.66. The van der Waals surface area contributed by atoms with Gasteiger partial charge in [0.05, 0.1) is 11.8 Å². The van der Waals surface area contributed by atoms with Gasteiger partial charge in [-0.05, 0) is 30.2 Å². The number of hydrogen-bond acceptors (Lipinski definition) is 3. The van der Waals surface area contributed by atoms with Gasteiger partial charge in [-0.3, -0.25) is 19.5 Å². The number of amides is 2. The minimum absolute atomic E-state index is 0. The summed E-state index contributed by atoms with van der Waals surface area (Å²) in [5.41, 5.74) is 1.27. The van der Waals surface area contributed by atoms with E-state index in [0.717, 1.165) is 19.4 Å². The van der Waals surface area contributed by atoms with Gasteiger partial charge >= 0.3 is 0 Å². The van der Waals surface area contributed by atoms with Crippen LogP contribution in [0.25, 0.3) is 0 Å². The molecule has 150 valence electrons. The smallest absolute Gasteiger partial charge is 0.233 e. The number of benzene rings is 1. The Hall–Kier alpha value is -1.90. The molecule has 1 aliphatic heterocycles. The summed E-state index contributed by atoms with van der Waals surface area (Å²) in [4.78, 5) is 31.0. The van der Waals surface area contributed by atoms with E-state index in [-0.39, 0.29) is 59.5 Å². The first-order valence-corrected chi connectivity index (χ1v) is 9.71. The monoisotopic (exact) mass is 494 g/mol. The molecule has 4 atom stereocenters. The Morgan fingerprint density at radius 2 is 1.64 bits per heavy atom. The van der Waals surface area contributed by atoms with Gasteiger partial charge in [0.25, 0.3) is 0 Å². The number of carbonyl (C=O) groups excluding carboxylic acids is 2. The Morgan fingerprint density at radius 3 is 2.25 bits per heavy atom. The highest BCUT2D eigenvalue weighted by Gasteiger charge is 2.58. The molecule has 1 heterocycles. The zero-order valence-corrected chi connectivity index (χ0v) is 18.3. The van der Waals surface area contributed by atoms with Crippen molar-refractivity contribution in [2.45, 2.75) is 12.8 Å². The fraction of sp³-hybridized carbons (Fsp3) is 0.476. The molecule has 28 heavy (non-hydrogen) atoms. The van der Waals surface area contributed by atoms with Crippen LogP contribution in [-0.2, 0) is 16.0 Å². The maximum Gasteiger partial charge on any atom is 0.233 e. The molecule has 2 fully saturated rings. The molecule has 0 spiro atoms. The van der Waals surface area contributed by atoms with E-state index in [1.165, 1.54) is 10.5 Å². The SMILES string of the molecule is CN=C(NCCc1ccccc1)NCCN1C(=O)C2C3C=CC(C3)C2C1=O.I. The molecule has 7 heteroatoms. The summed E-state index contributed by atoms with van der Waals surface area (Å²) < 4.78 is 0. The van der Waals surface area contributed by atoms with Crippen LogP contribution < -0.4 is 10.6 Å². The zero-order valence-electron chi connectivity index (χ0n) is 16.0. The van der Waals surface area contributed by atoms with E-state index in [0.29, 0.717) is 19.0 Å². The second kappa shape index (κ2) is 9.07. The summed E-state index contributed by atoms with van der Waals surface area (Å²) in [6.45, 7) is 1.67. The summed E-state index contributed by atoms with van der Waals surface area (Å²) in [5.74, 6) is 1.01. The number of nitrogens with zero attached hydrogens (tertiary/aromatic N) is 2. The van der Waals surface area contributed by atoms with E-state index in [2.05, 4.69) is 39.9 Å². The molecule has 2 aliphatic carbocycles. The molecule has 1 aromatic carbocycles. The summed E-state index contributed by atoms with van der Waals surface area (Å²) >= 11 is 0. The second-order valence-electron chi connectivity index (χ2n) is 7.49. The first kappa shape index (κ1) is 20.8. The van der Waals surface area contributed by atoms with E-state index >= 15 is 0 Å². The van der Waals surface area contributed by atoms with Gasteiger partial charge in [0, 0.05) is 26.7 Å². The molecule has 1 saturated carbocycles. The molecular weight excluding hydrogens is 467 g/mol. The van der Waals surface area contributed by atoms with Gasteiger partial charge < -0.3 is 10.6 Å². The standard InChI is InChI=1S/C21H26N4O2.HI/c1-22-21(23-10-9-14-5-3-2-4-6-14)24-11-12-25-19(26)17-15-7-8-16(13-15)18(17)20(25)27;/h2-8,15-18H,9-13H2,1H3,(H2,22,23,24);1H. The normalized spacial score (nSPS) is 27.8. The van der Waals surface area contributed by atoms with Gasteiger partial charge in [0.1, 0.15) is 0 Å². The highest BCUT2D eigenvalue weighted by molar-refractivity contribution is 14.0. The molecule has 3 aliphatic rings. The molecule has 4 rings (SSSR count). The number of guanidine groups is 1. The van der Waals surface area contributed by atoms with Crippen LogP contribution in [0.5, 0.6) is 0 Å². The Labute approximate surface area is 182 Å². The van der Waals surface area contributed by atoms with Crippen molar-refractivity contribution in [2.75, 3.05) is 26.7 Å². The number of fused-ring (bicyclic) bond motifs is 5. The van der Waals surface area contributed by atoms with Crippen LogP contribution in [-0.4, -0.2) is 49.4 Å². The van der Waals surface area contributed by atoms with Crippen LogP contribution in [0.4, 0.5) is 0 Å². The second-order valence-corrected chi connectivity index (χ2v) is 7.49. The molecule has 2 amide bonds. The lowest BCUT2D eigenvalue weighted by Gasteiger charge is -2.18. The van der Waals surface area contributed by atoms with Crippen molar-refractivity contribution in [1.82, 2.24) is 15.5 Å². The summed E-state index contributed by atoms with van der Waals surface area (Å²) in [7, 11) is 1.72. The maximum absolute atomic E-state index is 12.7. The number of allylic oxidation sites excluding steroid dienone is 2. The maximum atomic E-state index is 12.7. The third-order valence-corrected chi connectivity index (χ3v) is 5.96. The Balaban J connectivity index is 0.00000225. The van der Waals surface area contributed by atoms with Crippen LogP contribution in [0.1, 0.15) is 12.0 Å². The minimum atomic E-state index is -0.115. The highest BCUT2D eigenvalue weighted by atomic mass is 127. The largest absolute Gasteiger partial charge is 0.356 e. The summed E-state index contributed by atoms with van der Waals surface area (Å²) in [5, 5.41) is 6.47. The molecule has 0 aromatic heterocycles. The molecule has 1 aromatic rings. The van der Waals surface area contributed by atoms with Gasteiger partial charge in [-0.2, -0.15) is 0 Å². The van der Waals surface area contributed by atoms with E-state index in [9.17, 15) is 9.59 Å². The van der Waals surface area contributed by atoms with Crippen molar-refractivity contribution in [3.63, 3.8) is 0 Å².